The number of halogens is 2. The van der Waals surface area contributed by atoms with E-state index in [1.54, 1.807) is 38.7 Å². The quantitative estimate of drug-likeness (QED) is 0.398. The van der Waals surface area contributed by atoms with Crippen molar-refractivity contribution in [2.45, 2.75) is 77.9 Å². The van der Waals surface area contributed by atoms with Gasteiger partial charge in [-0.05, 0) is 69.7 Å². The molecular weight excluding hydrogens is 562 g/mol. The van der Waals surface area contributed by atoms with Crippen LogP contribution in [0.3, 0.4) is 0 Å². The number of rotatable bonds is 10. The van der Waals surface area contributed by atoms with Gasteiger partial charge in [-0.15, -0.1) is 0 Å². The summed E-state index contributed by atoms with van der Waals surface area (Å²) < 4.78 is 36.3. The zero-order valence-electron chi connectivity index (χ0n) is 25.7. The van der Waals surface area contributed by atoms with Gasteiger partial charge in [0, 0.05) is 25.3 Å². The number of aryl methyl sites for hydroxylation is 1. The lowest BCUT2D eigenvalue weighted by Crippen LogP contribution is -2.53. The van der Waals surface area contributed by atoms with Crippen LogP contribution in [0.2, 0.25) is 0 Å². The van der Waals surface area contributed by atoms with Gasteiger partial charge in [0.1, 0.15) is 17.8 Å². The third kappa shape index (κ3) is 8.62. The van der Waals surface area contributed by atoms with Crippen molar-refractivity contribution in [3.8, 4) is 5.88 Å². The number of likely N-dealkylation sites (tertiary alicyclic amines) is 1. The molecule has 1 aliphatic rings. The third-order valence-corrected chi connectivity index (χ3v) is 7.30. The Morgan fingerprint density at radius 2 is 1.77 bits per heavy atom. The van der Waals surface area contributed by atoms with E-state index >= 15 is 0 Å². The molecule has 0 aliphatic carbocycles. The lowest BCUT2D eigenvalue weighted by molar-refractivity contribution is -0.136. The number of aliphatic hydroxyl groups is 1. The Labute approximate surface area is 251 Å². The van der Waals surface area contributed by atoms with Crippen LogP contribution >= 0.6 is 0 Å². The maximum Gasteiger partial charge on any atom is 0.410 e. The number of amides is 3. The van der Waals surface area contributed by atoms with Crippen molar-refractivity contribution in [2.24, 2.45) is 0 Å². The highest BCUT2D eigenvalue weighted by Gasteiger charge is 2.45. The number of aliphatic hydroxyl groups excluding tert-OH is 1. The largest absolute Gasteiger partial charge is 0.444 e. The number of anilines is 1. The fourth-order valence-electron chi connectivity index (χ4n) is 5.18. The fraction of sp³-hybridized carbons (Fsp3) is 0.548. The molecule has 1 aliphatic heterocycles. The molecule has 1 aromatic carbocycles. The molecule has 0 bridgehead atoms. The van der Waals surface area contributed by atoms with Crippen molar-refractivity contribution in [1.29, 1.82) is 0 Å². The minimum Gasteiger partial charge on any atom is -0.444 e. The number of carbonyl (C=O) groups excluding carboxylic acids is 3. The Morgan fingerprint density at radius 3 is 2.35 bits per heavy atom. The lowest BCUT2D eigenvalue weighted by atomic mass is 9.69. The number of aromatic nitrogens is 1. The molecule has 10 nitrogen and oxygen atoms in total. The summed E-state index contributed by atoms with van der Waals surface area (Å²) in [6.45, 7) is 7.38. The number of ether oxygens (including phenoxy) is 2. The Balaban J connectivity index is 1.90. The average molecular weight is 605 g/mol. The van der Waals surface area contributed by atoms with Crippen LogP contribution in [0.15, 0.2) is 36.4 Å². The molecule has 0 spiro atoms. The number of benzene rings is 1. The van der Waals surface area contributed by atoms with Crippen LogP contribution in [-0.2, 0) is 19.7 Å². The second-order valence-corrected chi connectivity index (χ2v) is 12.0. The Kier molecular flexibility index (Phi) is 11.1. The monoisotopic (exact) mass is 604 g/mol. The van der Waals surface area contributed by atoms with E-state index in [4.69, 9.17) is 4.74 Å². The third-order valence-electron chi connectivity index (χ3n) is 7.30. The molecular formula is C31H42F2N4O6. The topological polar surface area (TPSA) is 121 Å². The van der Waals surface area contributed by atoms with E-state index in [-0.39, 0.29) is 69.0 Å². The summed E-state index contributed by atoms with van der Waals surface area (Å²) in [7, 11) is 0. The highest BCUT2D eigenvalue weighted by molar-refractivity contribution is 6.00. The zero-order valence-corrected chi connectivity index (χ0v) is 25.7. The summed E-state index contributed by atoms with van der Waals surface area (Å²) in [6.07, 6.45) is -0.226. The molecule has 2 heterocycles. The highest BCUT2D eigenvalue weighted by atomic mass is 19.3. The summed E-state index contributed by atoms with van der Waals surface area (Å²) in [5.41, 5.74) is 0.350. The van der Waals surface area contributed by atoms with Crippen LogP contribution in [0.1, 0.15) is 70.2 Å². The molecule has 2 aromatic rings. The van der Waals surface area contributed by atoms with Crippen LogP contribution in [0, 0.1) is 6.92 Å². The van der Waals surface area contributed by atoms with Gasteiger partial charge in [0.05, 0.1) is 12.0 Å². The first-order valence-electron chi connectivity index (χ1n) is 14.4. The van der Waals surface area contributed by atoms with Crippen molar-refractivity contribution in [2.75, 3.05) is 38.1 Å². The number of carbonyl (C=O) groups is 3. The molecule has 2 N–H and O–H groups in total. The van der Waals surface area contributed by atoms with Crippen LogP contribution < -0.4 is 10.1 Å². The fourth-order valence-corrected chi connectivity index (χ4v) is 5.18. The molecule has 1 saturated heterocycles. The van der Waals surface area contributed by atoms with Crippen molar-refractivity contribution in [3.05, 3.63) is 53.2 Å². The Morgan fingerprint density at radius 1 is 1.12 bits per heavy atom. The van der Waals surface area contributed by atoms with Gasteiger partial charge in [0.25, 0.3) is 0 Å². The van der Waals surface area contributed by atoms with Gasteiger partial charge in [0.2, 0.25) is 17.7 Å². The number of pyridine rings is 1. The molecule has 236 valence electrons. The molecule has 3 amide bonds. The van der Waals surface area contributed by atoms with Crippen molar-refractivity contribution >= 4 is 23.6 Å². The van der Waals surface area contributed by atoms with E-state index in [1.165, 1.54) is 6.07 Å². The Hall–Kier alpha value is -3.80. The number of hydrogen-bond donors (Lipinski definition) is 2. The number of nitrogens with one attached hydrogen (secondary N) is 1. The van der Waals surface area contributed by atoms with Gasteiger partial charge in [-0.1, -0.05) is 38.1 Å². The molecule has 43 heavy (non-hydrogen) atoms. The number of piperidine rings is 1. The standard InChI is InChI=1S/C31H42F2N4O6/c1-20(2)22-9-7-8-10-23(22)31(27(40)35-24-12-11-21(3)34-26(24)42-28(32)33)13-15-36(16-14-31)25(39)19-37(17-18-38)29(41)43-30(4,5)6/h7-12,20,28,38H,13-19H2,1-6H3,(H,35,40). The van der Waals surface area contributed by atoms with Crippen molar-refractivity contribution in [3.63, 3.8) is 0 Å². The summed E-state index contributed by atoms with van der Waals surface area (Å²) in [6, 6.07) is 10.7. The second-order valence-electron chi connectivity index (χ2n) is 12.0. The van der Waals surface area contributed by atoms with Crippen LogP contribution in [0.4, 0.5) is 19.3 Å². The van der Waals surface area contributed by atoms with Crippen LogP contribution in [0.25, 0.3) is 0 Å². The van der Waals surface area contributed by atoms with Gasteiger partial charge < -0.3 is 24.8 Å². The predicted molar refractivity (Wildman–Crippen MR) is 157 cm³/mol. The molecule has 0 saturated carbocycles. The minimum atomic E-state index is -3.12. The Bertz CT molecular complexity index is 1290. The summed E-state index contributed by atoms with van der Waals surface area (Å²) in [4.78, 5) is 46.9. The molecule has 1 aromatic heterocycles. The van der Waals surface area contributed by atoms with E-state index < -0.39 is 29.6 Å². The van der Waals surface area contributed by atoms with Crippen LogP contribution in [0.5, 0.6) is 5.88 Å². The molecule has 0 radical (unpaired) electrons. The number of hydrogen-bond acceptors (Lipinski definition) is 7. The average Bonchev–Trinajstić information content (AvgIpc) is 2.93. The normalized spacial score (nSPS) is 14.9. The van der Waals surface area contributed by atoms with Gasteiger partial charge in [0.15, 0.2) is 0 Å². The number of nitrogens with zero attached hydrogens (tertiary/aromatic N) is 3. The van der Waals surface area contributed by atoms with E-state index in [0.29, 0.717) is 5.69 Å². The molecule has 0 atom stereocenters. The zero-order chi connectivity index (χ0) is 31.9. The first kappa shape index (κ1) is 33.7. The second kappa shape index (κ2) is 14.1. The van der Waals surface area contributed by atoms with E-state index in [1.807, 2.05) is 38.1 Å². The maximum absolute atomic E-state index is 14.2. The van der Waals surface area contributed by atoms with Crippen molar-refractivity contribution in [1.82, 2.24) is 14.8 Å². The summed E-state index contributed by atoms with van der Waals surface area (Å²) in [5.74, 6) is -1.07. The van der Waals surface area contributed by atoms with Gasteiger partial charge in [-0.3, -0.25) is 14.5 Å². The molecule has 1 fully saturated rings. The molecule has 12 heteroatoms. The lowest BCUT2D eigenvalue weighted by Gasteiger charge is -2.42. The molecule has 3 rings (SSSR count). The number of alkyl halides is 2. The highest BCUT2D eigenvalue weighted by Crippen LogP contribution is 2.41. The SMILES string of the molecule is Cc1ccc(NC(=O)C2(c3ccccc3C(C)C)CCN(C(=O)CN(CCO)C(=O)OC(C)(C)C)CC2)c(OC(F)F)n1. The van der Waals surface area contributed by atoms with Crippen LogP contribution in [-0.4, -0.2) is 82.8 Å². The molecule has 0 unspecified atom stereocenters. The van der Waals surface area contributed by atoms with E-state index in [2.05, 4.69) is 15.0 Å². The minimum absolute atomic E-state index is 0.0211. The van der Waals surface area contributed by atoms with Gasteiger partial charge >= 0.3 is 12.7 Å². The van der Waals surface area contributed by atoms with E-state index in [9.17, 15) is 28.3 Å². The summed E-state index contributed by atoms with van der Waals surface area (Å²) >= 11 is 0. The first-order valence-corrected chi connectivity index (χ1v) is 14.4. The van der Waals surface area contributed by atoms with E-state index in [0.717, 1.165) is 16.0 Å². The van der Waals surface area contributed by atoms with Crippen molar-refractivity contribution < 1.29 is 37.7 Å². The maximum atomic E-state index is 14.2. The van der Waals surface area contributed by atoms with Gasteiger partial charge in [-0.2, -0.15) is 8.78 Å². The summed E-state index contributed by atoms with van der Waals surface area (Å²) in [5, 5.41) is 12.3. The van der Waals surface area contributed by atoms with Gasteiger partial charge in [-0.25, -0.2) is 9.78 Å². The first-order chi connectivity index (χ1) is 20.2. The smallest absolute Gasteiger partial charge is 0.410 e. The predicted octanol–water partition coefficient (Wildman–Crippen LogP) is 4.84.